The van der Waals surface area contributed by atoms with Crippen LogP contribution >= 0.6 is 0 Å². The van der Waals surface area contributed by atoms with E-state index in [1.54, 1.807) is 19.2 Å². The van der Waals surface area contributed by atoms with Crippen molar-refractivity contribution in [3.63, 3.8) is 0 Å². The van der Waals surface area contributed by atoms with Gasteiger partial charge in [-0.3, -0.25) is 0 Å². The molecule has 5 heteroatoms. The van der Waals surface area contributed by atoms with E-state index in [0.717, 1.165) is 5.56 Å². The second kappa shape index (κ2) is 4.33. The fraction of sp³-hybridized carbons (Fsp3) is 0.385. The summed E-state index contributed by atoms with van der Waals surface area (Å²) in [5.74, 6) is 1.77. The van der Waals surface area contributed by atoms with Crippen LogP contribution in [-0.2, 0) is 5.41 Å². The summed E-state index contributed by atoms with van der Waals surface area (Å²) in [6, 6.07) is 5.39. The maximum Gasteiger partial charge on any atom is 0.258 e. The number of methoxy groups -OCH3 is 1. The Morgan fingerprint density at radius 1 is 1.28 bits per heavy atom. The van der Waals surface area contributed by atoms with Gasteiger partial charge in [0.2, 0.25) is 0 Å². The molecule has 2 rings (SSSR count). The predicted octanol–water partition coefficient (Wildman–Crippen LogP) is 2.62. The number of rotatable bonds is 2. The van der Waals surface area contributed by atoms with E-state index < -0.39 is 0 Å². The van der Waals surface area contributed by atoms with Crippen LogP contribution in [0.4, 0.5) is 5.69 Å². The number of hydrogen-bond donors (Lipinski definition) is 1. The van der Waals surface area contributed by atoms with Crippen LogP contribution in [0.25, 0.3) is 11.5 Å². The van der Waals surface area contributed by atoms with Crippen molar-refractivity contribution in [3.05, 3.63) is 24.0 Å². The van der Waals surface area contributed by atoms with Gasteiger partial charge < -0.3 is 15.0 Å². The van der Waals surface area contributed by atoms with E-state index in [4.69, 9.17) is 15.0 Å². The lowest BCUT2D eigenvalue weighted by Crippen LogP contribution is -2.13. The van der Waals surface area contributed by atoms with Crippen LogP contribution in [-0.4, -0.2) is 17.3 Å². The van der Waals surface area contributed by atoms with Gasteiger partial charge in [0.15, 0.2) is 5.82 Å². The normalized spacial score (nSPS) is 11.6. The number of hydrogen-bond acceptors (Lipinski definition) is 5. The highest BCUT2D eigenvalue weighted by Crippen LogP contribution is 2.28. The van der Waals surface area contributed by atoms with Gasteiger partial charge in [0.05, 0.1) is 12.8 Å². The van der Waals surface area contributed by atoms with Gasteiger partial charge in [0.25, 0.3) is 5.89 Å². The molecule has 0 aliphatic heterocycles. The van der Waals surface area contributed by atoms with Crippen LogP contribution < -0.4 is 10.5 Å². The second-order valence-electron chi connectivity index (χ2n) is 5.13. The molecule has 0 bridgehead atoms. The monoisotopic (exact) mass is 247 g/mol. The molecule has 96 valence electrons. The first-order valence-electron chi connectivity index (χ1n) is 5.70. The molecular weight excluding hydrogens is 230 g/mol. The summed E-state index contributed by atoms with van der Waals surface area (Å²) in [7, 11) is 1.58. The molecule has 0 amide bonds. The second-order valence-corrected chi connectivity index (χ2v) is 5.13. The Bertz CT molecular complexity index is 556. The SMILES string of the molecule is COc1ccc(-c2nc(C(C)(C)C)no2)cc1N. The lowest BCUT2D eigenvalue weighted by molar-refractivity contribution is 0.402. The number of aromatic nitrogens is 2. The number of ether oxygens (including phenoxy) is 1. The average molecular weight is 247 g/mol. The van der Waals surface area contributed by atoms with Crippen LogP contribution in [0.3, 0.4) is 0 Å². The first-order chi connectivity index (χ1) is 8.41. The molecule has 0 radical (unpaired) electrons. The van der Waals surface area contributed by atoms with Gasteiger partial charge in [-0.2, -0.15) is 4.98 Å². The Balaban J connectivity index is 2.38. The number of nitrogens with zero attached hydrogens (tertiary/aromatic N) is 2. The maximum absolute atomic E-state index is 5.85. The fourth-order valence-electron chi connectivity index (χ4n) is 1.51. The molecule has 0 saturated heterocycles. The van der Waals surface area contributed by atoms with Crippen molar-refractivity contribution in [2.45, 2.75) is 26.2 Å². The molecule has 1 aromatic carbocycles. The average Bonchev–Trinajstić information content (AvgIpc) is 2.77. The summed E-state index contributed by atoms with van der Waals surface area (Å²) in [5.41, 5.74) is 7.04. The van der Waals surface area contributed by atoms with E-state index in [1.165, 1.54) is 0 Å². The van der Waals surface area contributed by atoms with Crippen LogP contribution in [0.1, 0.15) is 26.6 Å². The smallest absolute Gasteiger partial charge is 0.258 e. The molecule has 0 aliphatic carbocycles. The first kappa shape index (κ1) is 12.4. The minimum atomic E-state index is -0.139. The minimum Gasteiger partial charge on any atom is -0.495 e. The van der Waals surface area contributed by atoms with Gasteiger partial charge in [-0.15, -0.1) is 0 Å². The third-order valence-electron chi connectivity index (χ3n) is 2.57. The highest BCUT2D eigenvalue weighted by atomic mass is 16.5. The highest BCUT2D eigenvalue weighted by molar-refractivity contribution is 5.65. The number of nitrogen functional groups attached to an aromatic ring is 1. The van der Waals surface area contributed by atoms with Crippen LogP contribution in [0.2, 0.25) is 0 Å². The summed E-state index contributed by atoms with van der Waals surface area (Å²) >= 11 is 0. The zero-order chi connectivity index (χ0) is 13.3. The Hall–Kier alpha value is -2.04. The molecule has 0 unspecified atom stereocenters. The van der Waals surface area contributed by atoms with Crippen LogP contribution in [0.5, 0.6) is 5.75 Å². The Kier molecular flexibility index (Phi) is 2.98. The topological polar surface area (TPSA) is 74.2 Å². The summed E-state index contributed by atoms with van der Waals surface area (Å²) in [4.78, 5) is 4.37. The number of nitrogens with two attached hydrogens (primary N) is 1. The molecule has 1 aromatic heterocycles. The van der Waals surface area contributed by atoms with E-state index in [2.05, 4.69) is 10.1 Å². The molecule has 2 aromatic rings. The lowest BCUT2D eigenvalue weighted by atomic mass is 9.96. The van der Waals surface area contributed by atoms with E-state index in [1.807, 2.05) is 26.8 Å². The molecule has 1 heterocycles. The predicted molar refractivity (Wildman–Crippen MR) is 69.4 cm³/mol. The van der Waals surface area contributed by atoms with E-state index in [9.17, 15) is 0 Å². The zero-order valence-corrected chi connectivity index (χ0v) is 11.0. The summed E-state index contributed by atoms with van der Waals surface area (Å²) in [6.07, 6.45) is 0. The van der Waals surface area contributed by atoms with Crippen molar-refractivity contribution in [1.82, 2.24) is 10.1 Å². The first-order valence-corrected chi connectivity index (χ1v) is 5.70. The van der Waals surface area contributed by atoms with Gasteiger partial charge in [-0.05, 0) is 18.2 Å². The minimum absolute atomic E-state index is 0.139. The Morgan fingerprint density at radius 3 is 2.50 bits per heavy atom. The summed E-state index contributed by atoms with van der Waals surface area (Å²) in [6.45, 7) is 6.10. The molecule has 0 spiro atoms. The van der Waals surface area contributed by atoms with E-state index >= 15 is 0 Å². The largest absolute Gasteiger partial charge is 0.495 e. The Labute approximate surface area is 106 Å². The van der Waals surface area contributed by atoms with Crippen molar-refractivity contribution in [1.29, 1.82) is 0 Å². The van der Waals surface area contributed by atoms with Gasteiger partial charge in [0, 0.05) is 11.0 Å². The fourth-order valence-corrected chi connectivity index (χ4v) is 1.51. The molecule has 18 heavy (non-hydrogen) atoms. The molecule has 2 N–H and O–H groups in total. The third-order valence-corrected chi connectivity index (χ3v) is 2.57. The Morgan fingerprint density at radius 2 is 2.00 bits per heavy atom. The molecule has 0 saturated carbocycles. The van der Waals surface area contributed by atoms with Crippen molar-refractivity contribution in [2.75, 3.05) is 12.8 Å². The number of anilines is 1. The van der Waals surface area contributed by atoms with Gasteiger partial charge in [-0.1, -0.05) is 25.9 Å². The van der Waals surface area contributed by atoms with Crippen molar-refractivity contribution < 1.29 is 9.26 Å². The van der Waals surface area contributed by atoms with Gasteiger partial charge in [-0.25, -0.2) is 0 Å². The van der Waals surface area contributed by atoms with Gasteiger partial charge in [0.1, 0.15) is 5.75 Å². The van der Waals surface area contributed by atoms with Crippen LogP contribution in [0, 0.1) is 0 Å². The van der Waals surface area contributed by atoms with Crippen molar-refractivity contribution in [3.8, 4) is 17.2 Å². The van der Waals surface area contributed by atoms with E-state index in [0.29, 0.717) is 23.2 Å². The van der Waals surface area contributed by atoms with Crippen molar-refractivity contribution in [2.24, 2.45) is 0 Å². The molecule has 0 fully saturated rings. The summed E-state index contributed by atoms with van der Waals surface area (Å²) < 4.78 is 10.4. The molecule has 5 nitrogen and oxygen atoms in total. The highest BCUT2D eigenvalue weighted by Gasteiger charge is 2.21. The molecular formula is C13H17N3O2. The van der Waals surface area contributed by atoms with E-state index in [-0.39, 0.29) is 5.41 Å². The van der Waals surface area contributed by atoms with Crippen LogP contribution in [0.15, 0.2) is 22.7 Å². The summed E-state index contributed by atoms with van der Waals surface area (Å²) in [5, 5.41) is 3.98. The zero-order valence-electron chi connectivity index (χ0n) is 11.0. The lowest BCUT2D eigenvalue weighted by Gasteiger charge is -2.10. The third kappa shape index (κ3) is 2.30. The van der Waals surface area contributed by atoms with Gasteiger partial charge >= 0.3 is 0 Å². The van der Waals surface area contributed by atoms with Crippen molar-refractivity contribution >= 4 is 5.69 Å². The quantitative estimate of drug-likeness (QED) is 0.826. The standard InChI is InChI=1S/C13H17N3O2/c1-13(2,3)12-15-11(18-16-12)8-5-6-10(17-4)9(14)7-8/h5-7H,14H2,1-4H3. The maximum atomic E-state index is 5.85. The molecule has 0 aliphatic rings. The molecule has 0 atom stereocenters. The number of benzene rings is 1.